The quantitative estimate of drug-likeness (QED) is 0.552. The van der Waals surface area contributed by atoms with Crippen molar-refractivity contribution in [1.29, 1.82) is 0 Å². The first-order valence-electron chi connectivity index (χ1n) is 9.92. The van der Waals surface area contributed by atoms with Crippen LogP contribution < -0.4 is 10.1 Å². The summed E-state index contributed by atoms with van der Waals surface area (Å²) < 4.78 is 32.8. The van der Waals surface area contributed by atoms with Crippen molar-refractivity contribution in [1.82, 2.24) is 9.62 Å². The van der Waals surface area contributed by atoms with E-state index in [2.05, 4.69) is 5.32 Å². The Hall–Kier alpha value is -3.16. The molecule has 0 aromatic heterocycles. The fourth-order valence-corrected chi connectivity index (χ4v) is 4.58. The molecule has 0 saturated heterocycles. The summed E-state index contributed by atoms with van der Waals surface area (Å²) in [5, 5.41) is 2.89. The van der Waals surface area contributed by atoms with Crippen LogP contribution in [0.2, 0.25) is 0 Å². The molecule has 7 heteroatoms. The zero-order chi connectivity index (χ0) is 22.3. The second-order valence-corrected chi connectivity index (χ2v) is 9.07. The van der Waals surface area contributed by atoms with Gasteiger partial charge in [0.05, 0.1) is 24.6 Å². The minimum atomic E-state index is -3.85. The third-order valence-electron chi connectivity index (χ3n) is 4.90. The van der Waals surface area contributed by atoms with Crippen molar-refractivity contribution in [2.24, 2.45) is 0 Å². The predicted molar refractivity (Wildman–Crippen MR) is 120 cm³/mol. The molecule has 0 saturated carbocycles. The molecular formula is C24H26N2O4S. The van der Waals surface area contributed by atoms with Crippen LogP contribution in [-0.4, -0.2) is 32.3 Å². The number of carbonyl (C=O) groups excluding carboxylic acids is 1. The topological polar surface area (TPSA) is 75.7 Å². The van der Waals surface area contributed by atoms with E-state index < -0.39 is 10.0 Å². The summed E-state index contributed by atoms with van der Waals surface area (Å²) in [6.07, 6.45) is 0. The zero-order valence-electron chi connectivity index (χ0n) is 17.6. The maximum absolute atomic E-state index is 13.2. The van der Waals surface area contributed by atoms with Gasteiger partial charge in [0, 0.05) is 6.54 Å². The summed E-state index contributed by atoms with van der Waals surface area (Å²) in [5.74, 6) is 0.351. The van der Waals surface area contributed by atoms with E-state index in [0.717, 1.165) is 16.9 Å². The number of amides is 1. The molecule has 0 radical (unpaired) electrons. The summed E-state index contributed by atoms with van der Waals surface area (Å²) in [4.78, 5) is 12.9. The highest BCUT2D eigenvalue weighted by Crippen LogP contribution is 2.20. The van der Waals surface area contributed by atoms with Gasteiger partial charge in [-0.25, -0.2) is 8.42 Å². The van der Waals surface area contributed by atoms with Crippen LogP contribution in [0.4, 0.5) is 0 Å². The minimum Gasteiger partial charge on any atom is -0.497 e. The van der Waals surface area contributed by atoms with Gasteiger partial charge >= 0.3 is 0 Å². The average molecular weight is 439 g/mol. The Balaban J connectivity index is 1.78. The molecule has 1 atom stereocenters. The van der Waals surface area contributed by atoms with Crippen LogP contribution in [0.15, 0.2) is 89.8 Å². The van der Waals surface area contributed by atoms with Gasteiger partial charge in [0.1, 0.15) is 5.75 Å². The van der Waals surface area contributed by atoms with Crippen LogP contribution >= 0.6 is 0 Å². The van der Waals surface area contributed by atoms with Gasteiger partial charge in [0.2, 0.25) is 15.9 Å². The van der Waals surface area contributed by atoms with Gasteiger partial charge < -0.3 is 10.1 Å². The fourth-order valence-electron chi connectivity index (χ4n) is 3.18. The van der Waals surface area contributed by atoms with Crippen LogP contribution in [0, 0.1) is 0 Å². The Kier molecular flexibility index (Phi) is 7.44. The Morgan fingerprint density at radius 2 is 1.52 bits per heavy atom. The largest absolute Gasteiger partial charge is 0.497 e. The van der Waals surface area contributed by atoms with Gasteiger partial charge in [-0.15, -0.1) is 0 Å². The van der Waals surface area contributed by atoms with E-state index in [1.54, 1.807) is 25.3 Å². The Morgan fingerprint density at radius 1 is 0.935 bits per heavy atom. The summed E-state index contributed by atoms with van der Waals surface area (Å²) in [5.41, 5.74) is 1.70. The molecule has 0 aliphatic heterocycles. The molecular weight excluding hydrogens is 412 g/mol. The maximum Gasteiger partial charge on any atom is 0.243 e. The van der Waals surface area contributed by atoms with E-state index in [-0.39, 0.29) is 29.9 Å². The number of sulfonamides is 1. The van der Waals surface area contributed by atoms with Crippen molar-refractivity contribution in [3.63, 3.8) is 0 Å². The van der Waals surface area contributed by atoms with Crippen molar-refractivity contribution in [3.8, 4) is 5.75 Å². The number of hydrogen-bond donors (Lipinski definition) is 1. The van der Waals surface area contributed by atoms with Crippen LogP contribution in [0.5, 0.6) is 5.75 Å². The van der Waals surface area contributed by atoms with Crippen LogP contribution in [-0.2, 0) is 21.4 Å². The molecule has 0 fully saturated rings. The maximum atomic E-state index is 13.2. The molecule has 6 nitrogen and oxygen atoms in total. The Bertz CT molecular complexity index is 1090. The molecule has 3 rings (SSSR count). The van der Waals surface area contributed by atoms with Gasteiger partial charge in [0.25, 0.3) is 0 Å². The van der Waals surface area contributed by atoms with Gasteiger partial charge in [-0.1, -0.05) is 60.7 Å². The highest BCUT2D eigenvalue weighted by atomic mass is 32.2. The fraction of sp³-hybridized carbons (Fsp3) is 0.208. The second kappa shape index (κ2) is 10.2. The number of ether oxygens (including phenoxy) is 1. The van der Waals surface area contributed by atoms with E-state index in [1.807, 2.05) is 61.5 Å². The summed E-state index contributed by atoms with van der Waals surface area (Å²) in [7, 11) is -2.26. The molecule has 1 N–H and O–H groups in total. The third-order valence-corrected chi connectivity index (χ3v) is 6.70. The molecule has 162 valence electrons. The minimum absolute atomic E-state index is 0.0996. The van der Waals surface area contributed by atoms with E-state index >= 15 is 0 Å². The van der Waals surface area contributed by atoms with Crippen molar-refractivity contribution >= 4 is 15.9 Å². The number of carbonyl (C=O) groups is 1. The molecule has 0 unspecified atom stereocenters. The summed E-state index contributed by atoms with van der Waals surface area (Å²) in [6, 6.07) is 24.5. The van der Waals surface area contributed by atoms with Crippen LogP contribution in [0.25, 0.3) is 0 Å². The second-order valence-electron chi connectivity index (χ2n) is 7.13. The van der Waals surface area contributed by atoms with Crippen LogP contribution in [0.1, 0.15) is 24.1 Å². The van der Waals surface area contributed by atoms with Gasteiger partial charge in [-0.2, -0.15) is 4.31 Å². The lowest BCUT2D eigenvalue weighted by molar-refractivity contribution is -0.122. The number of hydrogen-bond acceptors (Lipinski definition) is 4. The van der Waals surface area contributed by atoms with Gasteiger partial charge in [0.15, 0.2) is 0 Å². The Labute approximate surface area is 183 Å². The molecule has 1 amide bonds. The van der Waals surface area contributed by atoms with Gasteiger partial charge in [-0.3, -0.25) is 4.79 Å². The van der Waals surface area contributed by atoms with Gasteiger partial charge in [-0.05, 0) is 42.3 Å². The normalized spacial score (nSPS) is 12.4. The van der Waals surface area contributed by atoms with E-state index in [1.165, 1.54) is 16.4 Å². The number of methoxy groups -OCH3 is 1. The number of rotatable bonds is 9. The van der Waals surface area contributed by atoms with Crippen LogP contribution in [0.3, 0.4) is 0 Å². The number of nitrogens with one attached hydrogen (secondary N) is 1. The number of nitrogens with zero attached hydrogens (tertiary/aromatic N) is 1. The zero-order valence-corrected chi connectivity index (χ0v) is 18.4. The Morgan fingerprint density at radius 3 is 2.10 bits per heavy atom. The standard InChI is InChI=1S/C24H26N2O4S/c1-19(21-13-15-22(30-2)16-14-21)25-24(27)18-26(17-20-9-5-3-6-10-20)31(28,29)23-11-7-4-8-12-23/h3-16,19H,17-18H2,1-2H3,(H,25,27)/t19-/m1/s1. The van der Waals surface area contributed by atoms with Crippen molar-refractivity contribution in [2.45, 2.75) is 24.4 Å². The molecule has 3 aromatic rings. The highest BCUT2D eigenvalue weighted by molar-refractivity contribution is 7.89. The molecule has 0 spiro atoms. The lowest BCUT2D eigenvalue weighted by Crippen LogP contribution is -2.41. The molecule has 0 aliphatic rings. The summed E-state index contributed by atoms with van der Waals surface area (Å²) >= 11 is 0. The monoisotopic (exact) mass is 438 g/mol. The van der Waals surface area contributed by atoms with Crippen molar-refractivity contribution in [2.75, 3.05) is 13.7 Å². The average Bonchev–Trinajstić information content (AvgIpc) is 2.80. The summed E-state index contributed by atoms with van der Waals surface area (Å²) in [6.45, 7) is 1.67. The smallest absolute Gasteiger partial charge is 0.243 e. The molecule has 31 heavy (non-hydrogen) atoms. The number of benzene rings is 3. The first-order valence-corrected chi connectivity index (χ1v) is 11.4. The van der Waals surface area contributed by atoms with E-state index in [0.29, 0.717) is 0 Å². The highest BCUT2D eigenvalue weighted by Gasteiger charge is 2.27. The van der Waals surface area contributed by atoms with E-state index in [9.17, 15) is 13.2 Å². The molecule has 0 heterocycles. The van der Waals surface area contributed by atoms with E-state index in [4.69, 9.17) is 4.74 Å². The first-order chi connectivity index (χ1) is 14.9. The van der Waals surface area contributed by atoms with Crippen molar-refractivity contribution < 1.29 is 17.9 Å². The molecule has 0 bridgehead atoms. The SMILES string of the molecule is COc1ccc([C@@H](C)NC(=O)CN(Cc2ccccc2)S(=O)(=O)c2ccccc2)cc1. The molecule has 0 aliphatic carbocycles. The molecule has 3 aromatic carbocycles. The first kappa shape index (κ1) is 22.5. The predicted octanol–water partition coefficient (Wildman–Crippen LogP) is 3.76. The lowest BCUT2D eigenvalue weighted by Gasteiger charge is -2.23. The third kappa shape index (κ3) is 5.93. The van der Waals surface area contributed by atoms with Crippen molar-refractivity contribution in [3.05, 3.63) is 96.1 Å². The lowest BCUT2D eigenvalue weighted by atomic mass is 10.1.